The summed E-state index contributed by atoms with van der Waals surface area (Å²) in [6, 6.07) is 5.93. The zero-order valence-corrected chi connectivity index (χ0v) is 12.5. The van der Waals surface area contributed by atoms with Crippen LogP contribution in [0, 0.1) is 12.7 Å². The summed E-state index contributed by atoms with van der Waals surface area (Å²) in [5.74, 6) is -0.542. The van der Waals surface area contributed by atoms with Gasteiger partial charge in [0, 0.05) is 10.9 Å². The first-order chi connectivity index (χ1) is 10.6. The van der Waals surface area contributed by atoms with Crippen LogP contribution in [0.15, 0.2) is 35.8 Å². The first kappa shape index (κ1) is 14.3. The van der Waals surface area contributed by atoms with Gasteiger partial charge in [0.25, 0.3) is 0 Å². The Hall–Kier alpha value is -2.61. The van der Waals surface area contributed by atoms with Crippen molar-refractivity contribution < 1.29 is 9.18 Å². The van der Waals surface area contributed by atoms with Crippen LogP contribution in [0.5, 0.6) is 0 Å². The van der Waals surface area contributed by atoms with Crippen LogP contribution in [0.25, 0.3) is 11.3 Å². The summed E-state index contributed by atoms with van der Waals surface area (Å²) in [5, 5.41) is 13.0. The highest BCUT2D eigenvalue weighted by atomic mass is 32.1. The molecule has 1 aromatic carbocycles. The maximum atomic E-state index is 12.9. The lowest BCUT2D eigenvalue weighted by molar-refractivity contribution is -0.116. The van der Waals surface area contributed by atoms with Crippen molar-refractivity contribution in [2.75, 3.05) is 5.32 Å². The third-order valence-electron chi connectivity index (χ3n) is 2.85. The quantitative estimate of drug-likeness (QED) is 0.802. The summed E-state index contributed by atoms with van der Waals surface area (Å²) < 4.78 is 14.3. The van der Waals surface area contributed by atoms with Crippen molar-refractivity contribution in [3.8, 4) is 11.3 Å². The molecule has 0 fully saturated rings. The molecular weight excluding hydrogens is 305 g/mol. The van der Waals surface area contributed by atoms with Gasteiger partial charge in [-0.3, -0.25) is 4.79 Å². The van der Waals surface area contributed by atoms with E-state index < -0.39 is 0 Å². The highest BCUT2D eigenvalue weighted by Gasteiger charge is 2.09. The Kier molecular flexibility index (Phi) is 3.92. The number of anilines is 1. The molecule has 2 heterocycles. The molecule has 0 aliphatic carbocycles. The fourth-order valence-corrected chi connectivity index (χ4v) is 2.55. The molecule has 22 heavy (non-hydrogen) atoms. The average molecular weight is 317 g/mol. The van der Waals surface area contributed by atoms with Crippen LogP contribution >= 0.6 is 11.3 Å². The van der Waals surface area contributed by atoms with Gasteiger partial charge in [-0.25, -0.2) is 14.1 Å². The normalized spacial score (nSPS) is 10.6. The van der Waals surface area contributed by atoms with Gasteiger partial charge in [0.2, 0.25) is 5.91 Å². The molecule has 3 aromatic rings. The van der Waals surface area contributed by atoms with E-state index in [0.29, 0.717) is 10.8 Å². The molecule has 8 heteroatoms. The summed E-state index contributed by atoms with van der Waals surface area (Å²) in [7, 11) is 0. The average Bonchev–Trinajstić information content (AvgIpc) is 3.09. The van der Waals surface area contributed by atoms with Crippen LogP contribution < -0.4 is 5.32 Å². The van der Waals surface area contributed by atoms with E-state index in [0.717, 1.165) is 11.3 Å². The monoisotopic (exact) mass is 317 g/mol. The van der Waals surface area contributed by atoms with Gasteiger partial charge < -0.3 is 5.32 Å². The van der Waals surface area contributed by atoms with E-state index in [1.54, 1.807) is 18.3 Å². The minimum Gasteiger partial charge on any atom is -0.300 e. The molecule has 0 bridgehead atoms. The number of benzene rings is 1. The van der Waals surface area contributed by atoms with Gasteiger partial charge in [0.1, 0.15) is 18.1 Å². The van der Waals surface area contributed by atoms with Gasteiger partial charge in [-0.2, -0.15) is 0 Å². The molecule has 112 valence electrons. The minimum atomic E-state index is -0.311. The molecule has 0 saturated heterocycles. The molecule has 1 amide bonds. The van der Waals surface area contributed by atoms with E-state index in [-0.39, 0.29) is 18.3 Å². The van der Waals surface area contributed by atoms with Crippen molar-refractivity contribution in [2.45, 2.75) is 13.5 Å². The molecule has 3 rings (SSSR count). The summed E-state index contributed by atoms with van der Waals surface area (Å²) in [6.45, 7) is 1.89. The molecular formula is C14H12FN5OS. The summed E-state index contributed by atoms with van der Waals surface area (Å²) in [4.78, 5) is 16.1. The number of nitrogens with zero attached hydrogens (tertiary/aromatic N) is 4. The van der Waals surface area contributed by atoms with E-state index in [4.69, 9.17) is 0 Å². The first-order valence-corrected chi connectivity index (χ1v) is 7.36. The van der Waals surface area contributed by atoms with Gasteiger partial charge in [-0.1, -0.05) is 5.21 Å². The highest BCUT2D eigenvalue weighted by molar-refractivity contribution is 7.13. The molecule has 0 spiro atoms. The molecule has 6 nitrogen and oxygen atoms in total. The van der Waals surface area contributed by atoms with Crippen molar-refractivity contribution in [1.82, 2.24) is 20.0 Å². The third kappa shape index (κ3) is 3.34. The third-order valence-corrected chi connectivity index (χ3v) is 3.73. The number of aryl methyl sites for hydroxylation is 1. The van der Waals surface area contributed by atoms with Crippen molar-refractivity contribution in [3.05, 3.63) is 47.4 Å². The molecule has 0 radical (unpaired) electrons. The van der Waals surface area contributed by atoms with E-state index in [2.05, 4.69) is 20.6 Å². The highest BCUT2D eigenvalue weighted by Crippen LogP contribution is 2.17. The smallest absolute Gasteiger partial charge is 0.247 e. The lowest BCUT2D eigenvalue weighted by Crippen LogP contribution is -2.19. The second-order valence-electron chi connectivity index (χ2n) is 4.65. The van der Waals surface area contributed by atoms with Crippen molar-refractivity contribution in [1.29, 1.82) is 0 Å². The topological polar surface area (TPSA) is 72.7 Å². The lowest BCUT2D eigenvalue weighted by Gasteiger charge is -2.00. The predicted molar refractivity (Wildman–Crippen MR) is 80.9 cm³/mol. The van der Waals surface area contributed by atoms with Crippen molar-refractivity contribution >= 4 is 22.4 Å². The molecule has 0 unspecified atom stereocenters. The number of aromatic nitrogens is 4. The van der Waals surface area contributed by atoms with Crippen LogP contribution in [0.1, 0.15) is 5.69 Å². The van der Waals surface area contributed by atoms with Crippen molar-refractivity contribution in [2.24, 2.45) is 0 Å². The number of thiazole rings is 1. The van der Waals surface area contributed by atoms with E-state index in [1.807, 2.05) is 12.3 Å². The Balaban J connectivity index is 1.66. The van der Waals surface area contributed by atoms with Crippen LogP contribution in [0.4, 0.5) is 9.52 Å². The second-order valence-corrected chi connectivity index (χ2v) is 5.51. The Morgan fingerprint density at radius 2 is 2.14 bits per heavy atom. The second kappa shape index (κ2) is 6.02. The lowest BCUT2D eigenvalue weighted by atomic mass is 10.2. The van der Waals surface area contributed by atoms with E-state index in [9.17, 15) is 9.18 Å². The number of carbonyl (C=O) groups is 1. The SMILES string of the molecule is Cc1csc(NC(=O)Cn2cc(-c3ccc(F)cc3)nn2)n1. The molecule has 0 aliphatic rings. The molecule has 0 aliphatic heterocycles. The fourth-order valence-electron chi connectivity index (χ4n) is 1.85. The molecule has 2 aromatic heterocycles. The number of nitrogens with one attached hydrogen (secondary N) is 1. The number of carbonyl (C=O) groups excluding carboxylic acids is 1. The number of rotatable bonds is 4. The number of hydrogen-bond acceptors (Lipinski definition) is 5. The Morgan fingerprint density at radius 3 is 2.82 bits per heavy atom. The largest absolute Gasteiger partial charge is 0.300 e. The van der Waals surface area contributed by atoms with Crippen LogP contribution in [-0.2, 0) is 11.3 Å². The predicted octanol–water partition coefficient (Wildman–Crippen LogP) is 2.49. The molecule has 1 N–H and O–H groups in total. The Bertz CT molecular complexity index is 796. The van der Waals surface area contributed by atoms with Gasteiger partial charge in [-0.15, -0.1) is 16.4 Å². The zero-order chi connectivity index (χ0) is 15.5. The van der Waals surface area contributed by atoms with Gasteiger partial charge >= 0.3 is 0 Å². The van der Waals surface area contributed by atoms with Crippen LogP contribution in [0.3, 0.4) is 0 Å². The van der Waals surface area contributed by atoms with E-state index in [1.165, 1.54) is 28.2 Å². The van der Waals surface area contributed by atoms with Crippen LogP contribution in [-0.4, -0.2) is 25.9 Å². The Morgan fingerprint density at radius 1 is 1.36 bits per heavy atom. The van der Waals surface area contributed by atoms with Gasteiger partial charge in [-0.05, 0) is 31.2 Å². The maximum Gasteiger partial charge on any atom is 0.247 e. The minimum absolute atomic E-state index is 0.0345. The van der Waals surface area contributed by atoms with Gasteiger partial charge in [0.05, 0.1) is 11.9 Å². The van der Waals surface area contributed by atoms with Crippen molar-refractivity contribution in [3.63, 3.8) is 0 Å². The standard InChI is InChI=1S/C14H12FN5OS/c1-9-8-22-14(16-9)17-13(21)7-20-6-12(18-19-20)10-2-4-11(15)5-3-10/h2-6,8H,7H2,1H3,(H,16,17,21). The zero-order valence-electron chi connectivity index (χ0n) is 11.7. The first-order valence-electron chi connectivity index (χ1n) is 6.48. The summed E-state index contributed by atoms with van der Waals surface area (Å²) >= 11 is 1.37. The number of hydrogen-bond donors (Lipinski definition) is 1. The molecule has 0 atom stereocenters. The Labute approximate surface area is 129 Å². The number of amides is 1. The maximum absolute atomic E-state index is 12.9. The van der Waals surface area contributed by atoms with Crippen LogP contribution in [0.2, 0.25) is 0 Å². The molecule has 0 saturated carbocycles. The fraction of sp³-hybridized carbons (Fsp3) is 0.143. The van der Waals surface area contributed by atoms with E-state index >= 15 is 0 Å². The summed E-state index contributed by atoms with van der Waals surface area (Å²) in [5.41, 5.74) is 2.18. The van der Waals surface area contributed by atoms with Gasteiger partial charge in [0.15, 0.2) is 5.13 Å². The number of halogens is 1. The summed E-state index contributed by atoms with van der Waals surface area (Å²) in [6.07, 6.45) is 1.64.